The van der Waals surface area contributed by atoms with E-state index in [4.69, 9.17) is 0 Å². The number of aromatic nitrogens is 4. The van der Waals surface area contributed by atoms with Gasteiger partial charge in [0.25, 0.3) is 0 Å². The first kappa shape index (κ1) is 7.67. The van der Waals surface area contributed by atoms with E-state index in [-0.39, 0.29) is 0 Å². The van der Waals surface area contributed by atoms with Crippen LogP contribution in [0.2, 0.25) is 0 Å². The molecule has 5 heteroatoms. The van der Waals surface area contributed by atoms with Crippen molar-refractivity contribution < 1.29 is 0 Å². The number of hydrogen-bond donors (Lipinski definition) is 1. The molecule has 2 heterocycles. The van der Waals surface area contributed by atoms with Crippen molar-refractivity contribution in [1.82, 2.24) is 25.9 Å². The third-order valence-corrected chi connectivity index (χ3v) is 2.26. The van der Waals surface area contributed by atoms with Crippen molar-refractivity contribution in [1.29, 1.82) is 0 Å². The number of nitrogens with zero attached hydrogens (tertiary/aromatic N) is 4. The fourth-order valence-electron chi connectivity index (χ4n) is 1.55. The molecular formula is C7H12N5. The van der Waals surface area contributed by atoms with Crippen LogP contribution in [0.25, 0.3) is 0 Å². The van der Waals surface area contributed by atoms with E-state index in [0.717, 1.165) is 31.3 Å². The Bertz CT molecular complexity index is 214. The van der Waals surface area contributed by atoms with Crippen molar-refractivity contribution in [3.05, 3.63) is 5.82 Å². The van der Waals surface area contributed by atoms with Crippen molar-refractivity contribution in [2.45, 2.75) is 19.3 Å². The Morgan fingerprint density at radius 1 is 1.33 bits per heavy atom. The first-order valence-electron chi connectivity index (χ1n) is 4.31. The van der Waals surface area contributed by atoms with Crippen LogP contribution in [0.4, 0.5) is 0 Å². The molecule has 1 aliphatic heterocycles. The predicted molar refractivity (Wildman–Crippen MR) is 42.5 cm³/mol. The van der Waals surface area contributed by atoms with Crippen LogP contribution in [0.15, 0.2) is 0 Å². The normalized spacial score (nSPS) is 19.7. The summed E-state index contributed by atoms with van der Waals surface area (Å²) in [4.78, 5) is 0. The zero-order chi connectivity index (χ0) is 8.23. The van der Waals surface area contributed by atoms with Gasteiger partial charge in [-0.2, -0.15) is 0 Å². The maximum atomic E-state index is 4.29. The molecule has 65 valence electrons. The second-order valence-corrected chi connectivity index (χ2v) is 3.17. The Morgan fingerprint density at radius 2 is 2.17 bits per heavy atom. The number of H-pyrrole nitrogens is 1. The van der Waals surface area contributed by atoms with Gasteiger partial charge in [-0.3, -0.25) is 0 Å². The smallest absolute Gasteiger partial charge is 0.148 e. The fourth-order valence-corrected chi connectivity index (χ4v) is 1.55. The van der Waals surface area contributed by atoms with Crippen LogP contribution in [-0.4, -0.2) is 33.7 Å². The summed E-state index contributed by atoms with van der Waals surface area (Å²) in [7, 11) is 0. The third-order valence-electron chi connectivity index (χ3n) is 2.26. The van der Waals surface area contributed by atoms with Crippen LogP contribution in [0, 0.1) is 5.92 Å². The standard InChI is InChI=1S/C7H12N5/c1-3-8-4-2-6(1)5-7-9-11-12-10-7/h6H,1-5H2,(H,9,10,11,12). The van der Waals surface area contributed by atoms with Crippen molar-refractivity contribution in [2.75, 3.05) is 13.1 Å². The molecule has 0 unspecified atom stereocenters. The summed E-state index contributed by atoms with van der Waals surface area (Å²) in [6.45, 7) is 2.01. The van der Waals surface area contributed by atoms with Gasteiger partial charge in [0, 0.05) is 19.5 Å². The van der Waals surface area contributed by atoms with Crippen LogP contribution in [0.3, 0.4) is 0 Å². The van der Waals surface area contributed by atoms with Gasteiger partial charge >= 0.3 is 0 Å². The second-order valence-electron chi connectivity index (χ2n) is 3.17. The molecule has 12 heavy (non-hydrogen) atoms. The molecule has 0 bridgehead atoms. The van der Waals surface area contributed by atoms with Gasteiger partial charge in [-0.15, -0.1) is 5.10 Å². The average Bonchev–Trinajstić information content (AvgIpc) is 2.59. The molecule has 1 saturated heterocycles. The van der Waals surface area contributed by atoms with Crippen molar-refractivity contribution >= 4 is 0 Å². The average molecular weight is 166 g/mol. The number of tetrazole rings is 1. The highest BCUT2D eigenvalue weighted by Crippen LogP contribution is 2.15. The molecule has 1 N–H and O–H groups in total. The lowest BCUT2D eigenvalue weighted by Crippen LogP contribution is -2.23. The Labute approximate surface area is 70.9 Å². The van der Waals surface area contributed by atoms with Gasteiger partial charge in [0.1, 0.15) is 5.82 Å². The molecule has 1 aromatic rings. The highest BCUT2D eigenvalue weighted by Gasteiger charge is 2.15. The minimum absolute atomic E-state index is 0.720. The molecular weight excluding hydrogens is 154 g/mol. The summed E-state index contributed by atoms with van der Waals surface area (Å²) in [6.07, 6.45) is 3.34. The zero-order valence-corrected chi connectivity index (χ0v) is 6.90. The lowest BCUT2D eigenvalue weighted by Gasteiger charge is -2.19. The molecule has 0 saturated carbocycles. The number of piperidine rings is 1. The van der Waals surface area contributed by atoms with E-state index in [2.05, 4.69) is 25.9 Å². The first-order valence-corrected chi connectivity index (χ1v) is 4.31. The molecule has 2 rings (SSSR count). The molecule has 0 spiro atoms. The van der Waals surface area contributed by atoms with Crippen LogP contribution >= 0.6 is 0 Å². The van der Waals surface area contributed by atoms with Gasteiger partial charge in [-0.25, -0.2) is 10.4 Å². The number of aromatic amines is 1. The number of rotatable bonds is 2. The topological polar surface area (TPSA) is 68.6 Å². The summed E-state index contributed by atoms with van der Waals surface area (Å²) < 4.78 is 0. The van der Waals surface area contributed by atoms with Gasteiger partial charge in [0.15, 0.2) is 0 Å². The largest absolute Gasteiger partial charge is 0.243 e. The molecule has 1 fully saturated rings. The molecule has 0 aliphatic carbocycles. The molecule has 0 amide bonds. The summed E-state index contributed by atoms with van der Waals surface area (Å²) in [5.74, 6) is 1.62. The van der Waals surface area contributed by atoms with E-state index in [0.29, 0.717) is 0 Å². The van der Waals surface area contributed by atoms with E-state index >= 15 is 0 Å². The van der Waals surface area contributed by atoms with Gasteiger partial charge < -0.3 is 0 Å². The highest BCUT2D eigenvalue weighted by atomic mass is 15.5. The van der Waals surface area contributed by atoms with Crippen LogP contribution in [0.1, 0.15) is 18.7 Å². The van der Waals surface area contributed by atoms with Crippen LogP contribution < -0.4 is 5.32 Å². The molecule has 1 aliphatic rings. The maximum Gasteiger partial charge on any atom is 0.148 e. The van der Waals surface area contributed by atoms with Crippen molar-refractivity contribution in [3.63, 3.8) is 0 Å². The van der Waals surface area contributed by atoms with Gasteiger partial charge in [0.05, 0.1) is 0 Å². The van der Waals surface area contributed by atoms with Gasteiger partial charge in [-0.05, 0) is 29.2 Å². The maximum absolute atomic E-state index is 4.29. The lowest BCUT2D eigenvalue weighted by atomic mass is 9.94. The van der Waals surface area contributed by atoms with E-state index in [1.165, 1.54) is 12.8 Å². The van der Waals surface area contributed by atoms with E-state index in [1.54, 1.807) is 0 Å². The third kappa shape index (κ3) is 1.79. The summed E-state index contributed by atoms with van der Waals surface area (Å²) in [6, 6.07) is 0. The monoisotopic (exact) mass is 166 g/mol. The van der Waals surface area contributed by atoms with E-state index in [9.17, 15) is 0 Å². The Balaban J connectivity index is 1.86. The first-order chi connectivity index (χ1) is 5.95. The van der Waals surface area contributed by atoms with Gasteiger partial charge in [0.2, 0.25) is 0 Å². The van der Waals surface area contributed by atoms with E-state index in [1.807, 2.05) is 0 Å². The van der Waals surface area contributed by atoms with Crippen LogP contribution in [0.5, 0.6) is 0 Å². The predicted octanol–water partition coefficient (Wildman–Crippen LogP) is -0.243. The zero-order valence-electron chi connectivity index (χ0n) is 6.90. The summed E-state index contributed by atoms with van der Waals surface area (Å²) in [5.41, 5.74) is 0. The quantitative estimate of drug-likeness (QED) is 0.659. The number of nitrogens with one attached hydrogen (secondary N) is 1. The van der Waals surface area contributed by atoms with Crippen molar-refractivity contribution in [2.24, 2.45) is 5.92 Å². The van der Waals surface area contributed by atoms with Crippen molar-refractivity contribution in [3.8, 4) is 0 Å². The molecule has 5 nitrogen and oxygen atoms in total. The Kier molecular flexibility index (Phi) is 2.31. The lowest BCUT2D eigenvalue weighted by molar-refractivity contribution is 0.363. The molecule has 0 atom stereocenters. The highest BCUT2D eigenvalue weighted by molar-refractivity contribution is 4.82. The SMILES string of the molecule is C1CC(Cc2nnn[nH]2)CC[N]1. The second kappa shape index (κ2) is 3.62. The fraction of sp³-hybridized carbons (Fsp3) is 0.857. The Morgan fingerprint density at radius 3 is 2.83 bits per heavy atom. The number of hydrogen-bond acceptors (Lipinski definition) is 3. The molecule has 0 aromatic carbocycles. The van der Waals surface area contributed by atoms with Crippen LogP contribution in [-0.2, 0) is 6.42 Å². The molecule has 1 aromatic heterocycles. The summed E-state index contributed by atoms with van der Waals surface area (Å²) in [5, 5.41) is 18.0. The Hall–Kier alpha value is -0.970. The molecule has 1 radical (unpaired) electrons. The minimum atomic E-state index is 0.720. The minimum Gasteiger partial charge on any atom is -0.243 e. The summed E-state index contributed by atoms with van der Waals surface area (Å²) >= 11 is 0. The van der Waals surface area contributed by atoms with Gasteiger partial charge in [-0.1, -0.05) is 0 Å². The van der Waals surface area contributed by atoms with E-state index < -0.39 is 0 Å².